The first kappa shape index (κ1) is 18.2. The van der Waals surface area contributed by atoms with Crippen LogP contribution in [0.5, 0.6) is 17.2 Å². The highest BCUT2D eigenvalue weighted by Crippen LogP contribution is 2.31. The first-order chi connectivity index (χ1) is 13.7. The Morgan fingerprint density at radius 3 is 2.75 bits per heavy atom. The molecule has 1 aromatic heterocycles. The summed E-state index contributed by atoms with van der Waals surface area (Å²) >= 11 is 5.93. The van der Waals surface area contributed by atoms with Crippen LogP contribution in [0.2, 0.25) is 5.02 Å². The van der Waals surface area contributed by atoms with E-state index in [-0.39, 0.29) is 12.4 Å². The molecule has 6 heteroatoms. The highest BCUT2D eigenvalue weighted by Gasteiger charge is 2.13. The maximum Gasteiger partial charge on any atom is 0.186 e. The topological polar surface area (TPSA) is 57.9 Å². The molecule has 28 heavy (non-hydrogen) atoms. The molecule has 0 spiro atoms. The van der Waals surface area contributed by atoms with E-state index in [1.54, 1.807) is 48.5 Å². The van der Waals surface area contributed by atoms with Gasteiger partial charge >= 0.3 is 0 Å². The number of fused-ring (bicyclic) bond motifs is 1. The van der Waals surface area contributed by atoms with Crippen LogP contribution in [0.1, 0.15) is 21.9 Å². The van der Waals surface area contributed by atoms with Gasteiger partial charge in [-0.2, -0.15) is 0 Å². The summed E-state index contributed by atoms with van der Waals surface area (Å²) in [5.41, 5.74) is 0.525. The minimum Gasteiger partial charge on any atom is -0.486 e. The van der Waals surface area contributed by atoms with Crippen LogP contribution in [0.4, 0.5) is 0 Å². The molecule has 142 valence electrons. The van der Waals surface area contributed by atoms with Crippen molar-refractivity contribution >= 4 is 23.5 Å². The molecule has 1 aliphatic heterocycles. The smallest absolute Gasteiger partial charge is 0.186 e. The summed E-state index contributed by atoms with van der Waals surface area (Å²) < 4.78 is 22.3. The van der Waals surface area contributed by atoms with E-state index < -0.39 is 0 Å². The van der Waals surface area contributed by atoms with Crippen molar-refractivity contribution in [3.63, 3.8) is 0 Å². The number of rotatable bonds is 6. The number of hydrogen-bond donors (Lipinski definition) is 0. The van der Waals surface area contributed by atoms with E-state index in [0.717, 1.165) is 0 Å². The van der Waals surface area contributed by atoms with Gasteiger partial charge in [0.15, 0.2) is 17.3 Å². The Morgan fingerprint density at radius 2 is 1.89 bits per heavy atom. The van der Waals surface area contributed by atoms with E-state index >= 15 is 0 Å². The van der Waals surface area contributed by atoms with Crippen molar-refractivity contribution in [1.29, 1.82) is 0 Å². The van der Waals surface area contributed by atoms with E-state index in [1.165, 1.54) is 6.08 Å². The molecule has 3 aromatic rings. The number of ether oxygens (including phenoxy) is 3. The molecule has 0 saturated heterocycles. The second-order valence-corrected chi connectivity index (χ2v) is 6.54. The molecule has 4 rings (SSSR count). The van der Waals surface area contributed by atoms with Gasteiger partial charge in [-0.3, -0.25) is 4.79 Å². The summed E-state index contributed by atoms with van der Waals surface area (Å²) in [5, 5.41) is 0.609. The number of benzene rings is 2. The summed E-state index contributed by atoms with van der Waals surface area (Å²) in [4.78, 5) is 12.4. The van der Waals surface area contributed by atoms with E-state index in [9.17, 15) is 4.79 Å². The number of halogens is 1. The zero-order valence-electron chi connectivity index (χ0n) is 14.9. The van der Waals surface area contributed by atoms with Gasteiger partial charge in [0.1, 0.15) is 37.1 Å². The minimum atomic E-state index is -0.148. The van der Waals surface area contributed by atoms with Crippen molar-refractivity contribution in [2.24, 2.45) is 0 Å². The van der Waals surface area contributed by atoms with Crippen LogP contribution in [0, 0.1) is 0 Å². The van der Waals surface area contributed by atoms with Gasteiger partial charge in [0.25, 0.3) is 0 Å². The first-order valence-corrected chi connectivity index (χ1v) is 9.14. The fraction of sp³-hybridized carbons (Fsp3) is 0.136. The third-order valence-electron chi connectivity index (χ3n) is 4.09. The van der Waals surface area contributed by atoms with Crippen LogP contribution in [-0.2, 0) is 6.61 Å². The number of carbonyl (C=O) groups is 1. The highest BCUT2D eigenvalue weighted by molar-refractivity contribution is 6.30. The molecule has 5 nitrogen and oxygen atoms in total. The normalized spacial score (nSPS) is 12.9. The van der Waals surface area contributed by atoms with E-state index in [4.69, 9.17) is 30.2 Å². The van der Waals surface area contributed by atoms with Gasteiger partial charge in [0.05, 0.1) is 0 Å². The molecule has 0 bridgehead atoms. The summed E-state index contributed by atoms with van der Waals surface area (Å²) in [7, 11) is 0. The third kappa shape index (κ3) is 4.38. The van der Waals surface area contributed by atoms with Gasteiger partial charge in [-0.1, -0.05) is 17.7 Å². The van der Waals surface area contributed by atoms with Gasteiger partial charge in [-0.05, 0) is 60.7 Å². The lowest BCUT2D eigenvalue weighted by molar-refractivity contribution is 0.104. The van der Waals surface area contributed by atoms with Crippen LogP contribution in [0.25, 0.3) is 6.08 Å². The Labute approximate surface area is 167 Å². The van der Waals surface area contributed by atoms with E-state index in [0.29, 0.717) is 52.6 Å². The van der Waals surface area contributed by atoms with Gasteiger partial charge in [0.2, 0.25) is 0 Å². The molecule has 2 aromatic carbocycles. The maximum absolute atomic E-state index is 12.4. The maximum atomic E-state index is 12.4. The standard InChI is InChI=1S/C22H17ClO5/c23-16-2-1-3-18(13-16)27-14-19-6-5-17(28-19)7-8-20(24)15-4-9-21-22(12-15)26-11-10-25-21/h1-9,12-13H,10-11,14H2/b8-7+. The van der Waals surface area contributed by atoms with Crippen molar-refractivity contribution in [2.75, 3.05) is 13.2 Å². The van der Waals surface area contributed by atoms with Gasteiger partial charge in [-0.25, -0.2) is 0 Å². The summed E-state index contributed by atoms with van der Waals surface area (Å²) in [6, 6.07) is 15.9. The number of hydrogen-bond acceptors (Lipinski definition) is 5. The number of carbonyl (C=O) groups excluding carboxylic acids is 1. The average molecular weight is 397 g/mol. The molecule has 1 aliphatic rings. The number of allylic oxidation sites excluding steroid dienone is 1. The number of ketones is 1. The lowest BCUT2D eigenvalue weighted by atomic mass is 10.1. The Balaban J connectivity index is 1.37. The minimum absolute atomic E-state index is 0.148. The summed E-state index contributed by atoms with van der Waals surface area (Å²) in [6.07, 6.45) is 3.09. The average Bonchev–Trinajstić information content (AvgIpc) is 3.18. The fourth-order valence-corrected chi connectivity index (χ4v) is 2.90. The fourth-order valence-electron chi connectivity index (χ4n) is 2.72. The Bertz CT molecular complexity index is 1020. The van der Waals surface area contributed by atoms with Gasteiger partial charge in [0, 0.05) is 10.6 Å². The van der Waals surface area contributed by atoms with Crippen molar-refractivity contribution in [3.8, 4) is 17.2 Å². The van der Waals surface area contributed by atoms with Crippen LogP contribution >= 0.6 is 11.6 Å². The predicted octanol–water partition coefficient (Wildman–Crippen LogP) is 5.18. The van der Waals surface area contributed by atoms with Gasteiger partial charge < -0.3 is 18.6 Å². The monoisotopic (exact) mass is 396 g/mol. The molecule has 0 unspecified atom stereocenters. The van der Waals surface area contributed by atoms with Crippen molar-refractivity contribution < 1.29 is 23.4 Å². The molecule has 0 fully saturated rings. The second kappa shape index (κ2) is 8.23. The van der Waals surface area contributed by atoms with Gasteiger partial charge in [-0.15, -0.1) is 0 Å². The second-order valence-electron chi connectivity index (χ2n) is 6.11. The lowest BCUT2D eigenvalue weighted by Crippen LogP contribution is -2.15. The van der Waals surface area contributed by atoms with E-state index in [1.807, 2.05) is 12.1 Å². The first-order valence-electron chi connectivity index (χ1n) is 8.76. The molecule has 0 radical (unpaired) electrons. The molecule has 0 N–H and O–H groups in total. The Kier molecular flexibility index (Phi) is 5.35. The molecule has 0 atom stereocenters. The highest BCUT2D eigenvalue weighted by atomic mass is 35.5. The van der Waals surface area contributed by atoms with Crippen LogP contribution < -0.4 is 14.2 Å². The Morgan fingerprint density at radius 1 is 1.04 bits per heavy atom. The number of furan rings is 1. The summed E-state index contributed by atoms with van der Waals surface area (Å²) in [5.74, 6) is 2.97. The SMILES string of the molecule is O=C(/C=C/c1ccc(COc2cccc(Cl)c2)o1)c1ccc2c(c1)OCCO2. The summed E-state index contributed by atoms with van der Waals surface area (Å²) in [6.45, 7) is 1.26. The molecule has 0 saturated carbocycles. The van der Waals surface area contributed by atoms with Crippen LogP contribution in [0.3, 0.4) is 0 Å². The quantitative estimate of drug-likeness (QED) is 0.424. The molecular formula is C22H17ClO5. The Hall–Kier alpha value is -3.18. The molecule has 2 heterocycles. The van der Waals surface area contributed by atoms with Crippen molar-refractivity contribution in [3.05, 3.63) is 82.8 Å². The van der Waals surface area contributed by atoms with Crippen molar-refractivity contribution in [1.82, 2.24) is 0 Å². The molecular weight excluding hydrogens is 380 g/mol. The largest absolute Gasteiger partial charge is 0.486 e. The van der Waals surface area contributed by atoms with Crippen LogP contribution in [0.15, 0.2) is 65.1 Å². The predicted molar refractivity (Wildman–Crippen MR) is 105 cm³/mol. The van der Waals surface area contributed by atoms with E-state index in [2.05, 4.69) is 0 Å². The zero-order chi connectivity index (χ0) is 19.3. The molecule has 0 aliphatic carbocycles. The van der Waals surface area contributed by atoms with Crippen LogP contribution in [-0.4, -0.2) is 19.0 Å². The molecule has 0 amide bonds. The lowest BCUT2D eigenvalue weighted by Gasteiger charge is -2.18. The van der Waals surface area contributed by atoms with Crippen molar-refractivity contribution in [2.45, 2.75) is 6.61 Å². The third-order valence-corrected chi connectivity index (χ3v) is 4.32. The zero-order valence-corrected chi connectivity index (χ0v) is 15.6.